The lowest BCUT2D eigenvalue weighted by Crippen LogP contribution is -2.38. The fraction of sp³-hybridized carbons (Fsp3) is 0.593. The molecule has 0 bridgehead atoms. The fourth-order valence-electron chi connectivity index (χ4n) is 5.51. The number of nitrogens with one attached hydrogen (secondary N) is 1. The Bertz CT molecular complexity index is 1210. The number of hydrogen-bond acceptors (Lipinski definition) is 5. The van der Waals surface area contributed by atoms with Gasteiger partial charge in [-0.2, -0.15) is 5.10 Å². The highest BCUT2D eigenvalue weighted by atomic mass is 32.1. The van der Waals surface area contributed by atoms with Gasteiger partial charge in [-0.3, -0.25) is 14.4 Å². The topological polar surface area (TPSA) is 63.1 Å². The van der Waals surface area contributed by atoms with Gasteiger partial charge < -0.3 is 5.32 Å². The Morgan fingerprint density at radius 3 is 2.83 bits per heavy atom. The summed E-state index contributed by atoms with van der Waals surface area (Å²) in [6, 6.07) is 5.92. The molecule has 0 atom stereocenters. The van der Waals surface area contributed by atoms with Crippen LogP contribution < -0.4 is 5.32 Å². The molecular formula is C27H35F2N5OS. The van der Waals surface area contributed by atoms with E-state index in [0.29, 0.717) is 17.9 Å². The van der Waals surface area contributed by atoms with Crippen molar-refractivity contribution in [1.82, 2.24) is 25.0 Å². The number of fused-ring (bicyclic) bond motifs is 2. The van der Waals surface area contributed by atoms with Crippen molar-refractivity contribution in [1.29, 1.82) is 0 Å². The average molecular weight is 516 g/mol. The zero-order chi connectivity index (χ0) is 25.3. The Kier molecular flexibility index (Phi) is 7.40. The third-order valence-electron chi connectivity index (χ3n) is 7.57. The molecule has 3 heterocycles. The summed E-state index contributed by atoms with van der Waals surface area (Å²) < 4.78 is 28.1. The second-order valence-electron chi connectivity index (χ2n) is 10.6. The number of rotatable bonds is 8. The number of amides is 1. The third-order valence-corrected chi connectivity index (χ3v) is 8.79. The molecular weight excluding hydrogens is 480 g/mol. The molecule has 9 heteroatoms. The van der Waals surface area contributed by atoms with Crippen molar-refractivity contribution >= 4 is 28.1 Å². The normalized spacial score (nSPS) is 21.0. The van der Waals surface area contributed by atoms with Gasteiger partial charge in [0, 0.05) is 55.5 Å². The van der Waals surface area contributed by atoms with Crippen molar-refractivity contribution in [3.63, 3.8) is 0 Å². The maximum Gasteiger partial charge on any atom is 0.252 e. The summed E-state index contributed by atoms with van der Waals surface area (Å²) in [7, 11) is 1.87. The van der Waals surface area contributed by atoms with Crippen molar-refractivity contribution in [3.05, 3.63) is 45.5 Å². The van der Waals surface area contributed by atoms with Crippen LogP contribution in [0.5, 0.6) is 0 Å². The first-order valence-electron chi connectivity index (χ1n) is 13.0. The van der Waals surface area contributed by atoms with E-state index in [0.717, 1.165) is 86.7 Å². The Balaban J connectivity index is 1.06. The molecule has 194 valence electrons. The van der Waals surface area contributed by atoms with Crippen LogP contribution in [0.15, 0.2) is 24.4 Å². The van der Waals surface area contributed by atoms with E-state index in [1.165, 1.54) is 4.88 Å². The van der Waals surface area contributed by atoms with Crippen molar-refractivity contribution in [3.8, 4) is 0 Å². The second kappa shape index (κ2) is 10.5. The summed E-state index contributed by atoms with van der Waals surface area (Å²) in [6.07, 6.45) is 8.55. The largest absolute Gasteiger partial charge is 0.349 e. The van der Waals surface area contributed by atoms with Gasteiger partial charge in [0.1, 0.15) is 0 Å². The molecule has 1 aliphatic carbocycles. The number of thiazole rings is 1. The number of hydrogen-bond donors (Lipinski definition) is 1. The Labute approximate surface area is 215 Å². The Morgan fingerprint density at radius 1 is 1.25 bits per heavy atom. The molecule has 36 heavy (non-hydrogen) atoms. The molecule has 1 N–H and O–H groups in total. The molecule has 0 saturated heterocycles. The number of carbonyl (C=O) groups excluding carboxylic acids is 1. The molecule has 2 aromatic heterocycles. The van der Waals surface area contributed by atoms with Gasteiger partial charge >= 0.3 is 0 Å². The Hall–Kier alpha value is -2.39. The summed E-state index contributed by atoms with van der Waals surface area (Å²) in [4.78, 5) is 21.4. The van der Waals surface area contributed by atoms with E-state index < -0.39 is 5.92 Å². The minimum absolute atomic E-state index is 0.00791. The standard InChI is InChI=1S/C27H35F2N5OS/c1-27(28,29)13-10-25-31-23-17-34(15-12-24(23)36-25)14-11-18-6-8-19(9-7-18)30-26(35)20-4-3-5-22-21(20)16-33(2)32-22/h3-5,16,18-19H,6-15,17H2,1-2H3,(H,30,35)/t18-,19-. The van der Waals surface area contributed by atoms with E-state index in [9.17, 15) is 13.6 Å². The number of aryl methyl sites for hydroxylation is 2. The summed E-state index contributed by atoms with van der Waals surface area (Å²) >= 11 is 1.62. The minimum Gasteiger partial charge on any atom is -0.349 e. The van der Waals surface area contributed by atoms with E-state index >= 15 is 0 Å². The number of benzene rings is 1. The summed E-state index contributed by atoms with van der Waals surface area (Å²) in [5.74, 6) is -1.96. The predicted molar refractivity (Wildman–Crippen MR) is 139 cm³/mol. The van der Waals surface area contributed by atoms with Gasteiger partial charge in [0.25, 0.3) is 5.91 Å². The molecule has 5 rings (SSSR count). The van der Waals surface area contributed by atoms with Crippen LogP contribution in [0.2, 0.25) is 0 Å². The summed E-state index contributed by atoms with van der Waals surface area (Å²) in [6.45, 7) is 3.87. The number of halogens is 2. The highest BCUT2D eigenvalue weighted by Gasteiger charge is 2.27. The van der Waals surface area contributed by atoms with E-state index in [-0.39, 0.29) is 18.4 Å². The number of alkyl halides is 2. The number of aromatic nitrogens is 3. The average Bonchev–Trinajstić information content (AvgIpc) is 3.43. The molecule has 6 nitrogen and oxygen atoms in total. The molecule has 1 saturated carbocycles. The van der Waals surface area contributed by atoms with E-state index in [2.05, 4.69) is 20.3 Å². The lowest BCUT2D eigenvalue weighted by Gasteiger charge is -2.32. The highest BCUT2D eigenvalue weighted by molar-refractivity contribution is 7.11. The molecule has 1 aliphatic heterocycles. The monoisotopic (exact) mass is 515 g/mol. The van der Waals surface area contributed by atoms with Crippen LogP contribution in [-0.2, 0) is 26.4 Å². The molecule has 1 amide bonds. The first-order chi connectivity index (χ1) is 17.2. The van der Waals surface area contributed by atoms with Crippen LogP contribution in [0.4, 0.5) is 8.78 Å². The first kappa shape index (κ1) is 25.3. The molecule has 0 spiro atoms. The van der Waals surface area contributed by atoms with Gasteiger partial charge in [-0.05, 0) is 70.0 Å². The maximum atomic E-state index is 13.2. The molecule has 2 aliphatic rings. The summed E-state index contributed by atoms with van der Waals surface area (Å²) in [5, 5.41) is 9.40. The van der Waals surface area contributed by atoms with Gasteiger partial charge in [0.2, 0.25) is 5.92 Å². The summed E-state index contributed by atoms with van der Waals surface area (Å²) in [5.41, 5.74) is 2.63. The third kappa shape index (κ3) is 6.11. The van der Waals surface area contributed by atoms with Gasteiger partial charge in [-0.25, -0.2) is 13.8 Å². The van der Waals surface area contributed by atoms with Crippen LogP contribution in [0, 0.1) is 5.92 Å². The van der Waals surface area contributed by atoms with E-state index in [1.807, 2.05) is 31.4 Å². The lowest BCUT2D eigenvalue weighted by molar-refractivity contribution is 0.0133. The van der Waals surface area contributed by atoms with Gasteiger partial charge in [-0.15, -0.1) is 11.3 Å². The van der Waals surface area contributed by atoms with Crippen molar-refractivity contribution in [2.24, 2.45) is 13.0 Å². The smallest absolute Gasteiger partial charge is 0.252 e. The van der Waals surface area contributed by atoms with Crippen molar-refractivity contribution in [2.75, 3.05) is 13.1 Å². The predicted octanol–water partition coefficient (Wildman–Crippen LogP) is 5.35. The highest BCUT2D eigenvalue weighted by Crippen LogP contribution is 2.31. The maximum absolute atomic E-state index is 13.2. The quantitative estimate of drug-likeness (QED) is 0.439. The zero-order valence-corrected chi connectivity index (χ0v) is 21.9. The van der Waals surface area contributed by atoms with Crippen LogP contribution >= 0.6 is 11.3 Å². The van der Waals surface area contributed by atoms with Crippen LogP contribution in [0.3, 0.4) is 0 Å². The zero-order valence-electron chi connectivity index (χ0n) is 21.1. The molecule has 1 aromatic carbocycles. The SMILES string of the molecule is Cn1cc2c(C(=O)N[C@H]3CC[C@H](CCN4CCc5sc(CCC(C)(F)F)nc5C4)CC3)cccc2n1. The molecule has 0 radical (unpaired) electrons. The minimum atomic E-state index is -2.63. The number of nitrogens with zero attached hydrogens (tertiary/aromatic N) is 4. The van der Waals surface area contributed by atoms with Crippen LogP contribution in [0.25, 0.3) is 10.9 Å². The van der Waals surface area contributed by atoms with Gasteiger partial charge in [-0.1, -0.05) is 6.07 Å². The first-order valence-corrected chi connectivity index (χ1v) is 13.9. The lowest BCUT2D eigenvalue weighted by atomic mass is 9.84. The fourth-order valence-corrected chi connectivity index (χ4v) is 6.58. The van der Waals surface area contributed by atoms with E-state index in [1.54, 1.807) is 16.0 Å². The van der Waals surface area contributed by atoms with Gasteiger partial charge in [0.15, 0.2) is 0 Å². The molecule has 0 unspecified atom stereocenters. The van der Waals surface area contributed by atoms with Crippen LogP contribution in [0.1, 0.15) is 71.4 Å². The Morgan fingerprint density at radius 2 is 2.06 bits per heavy atom. The van der Waals surface area contributed by atoms with E-state index in [4.69, 9.17) is 0 Å². The van der Waals surface area contributed by atoms with Crippen LogP contribution in [-0.4, -0.2) is 50.6 Å². The second-order valence-corrected chi connectivity index (χ2v) is 11.8. The molecule has 3 aromatic rings. The molecule has 1 fully saturated rings. The van der Waals surface area contributed by atoms with Crippen molar-refractivity contribution in [2.45, 2.75) is 76.8 Å². The van der Waals surface area contributed by atoms with Crippen molar-refractivity contribution < 1.29 is 13.6 Å². The number of carbonyl (C=O) groups is 1. The van der Waals surface area contributed by atoms with Gasteiger partial charge in [0.05, 0.1) is 21.8 Å².